The quantitative estimate of drug-likeness (QED) is 0.816. The van der Waals surface area contributed by atoms with Crippen molar-refractivity contribution in [1.82, 2.24) is 5.32 Å². The molecule has 0 amide bonds. The Morgan fingerprint density at radius 3 is 2.55 bits per heavy atom. The van der Waals surface area contributed by atoms with Crippen LogP contribution in [0.2, 0.25) is 5.02 Å². The summed E-state index contributed by atoms with van der Waals surface area (Å²) in [5.41, 5.74) is 1.86. The molecule has 0 aliphatic carbocycles. The summed E-state index contributed by atoms with van der Waals surface area (Å²) in [4.78, 5) is 0. The Balaban J connectivity index is 1.94. The van der Waals surface area contributed by atoms with Crippen molar-refractivity contribution in [1.29, 1.82) is 0 Å². The van der Waals surface area contributed by atoms with Crippen LogP contribution in [0.25, 0.3) is 0 Å². The SMILES string of the molecule is CC(C)(CO)NCc1cccc(OCc2cccc(Cl)c2)c1. The summed E-state index contributed by atoms with van der Waals surface area (Å²) < 4.78 is 5.81. The number of ether oxygens (including phenoxy) is 1. The van der Waals surface area contributed by atoms with E-state index >= 15 is 0 Å². The first-order valence-corrected chi connectivity index (χ1v) is 7.68. The fraction of sp³-hybridized carbons (Fsp3) is 0.333. The van der Waals surface area contributed by atoms with E-state index in [1.165, 1.54) is 0 Å². The Bertz CT molecular complexity index is 614. The third-order valence-electron chi connectivity index (χ3n) is 3.36. The summed E-state index contributed by atoms with van der Waals surface area (Å²) in [6.07, 6.45) is 0. The Hall–Kier alpha value is -1.55. The van der Waals surface area contributed by atoms with Gasteiger partial charge in [-0.05, 0) is 49.2 Å². The zero-order chi connectivity index (χ0) is 16.0. The molecule has 0 aliphatic heterocycles. The maximum absolute atomic E-state index is 9.26. The number of aliphatic hydroxyl groups excluding tert-OH is 1. The molecule has 0 atom stereocenters. The Labute approximate surface area is 136 Å². The molecule has 22 heavy (non-hydrogen) atoms. The molecular weight excluding hydrogens is 298 g/mol. The fourth-order valence-corrected chi connectivity index (χ4v) is 2.15. The van der Waals surface area contributed by atoms with E-state index in [1.54, 1.807) is 0 Å². The monoisotopic (exact) mass is 319 g/mol. The second kappa shape index (κ2) is 7.63. The smallest absolute Gasteiger partial charge is 0.120 e. The van der Waals surface area contributed by atoms with E-state index in [-0.39, 0.29) is 12.1 Å². The molecule has 0 aliphatic rings. The second-order valence-corrected chi connectivity index (χ2v) is 6.40. The minimum Gasteiger partial charge on any atom is -0.489 e. The van der Waals surface area contributed by atoms with Gasteiger partial charge in [-0.1, -0.05) is 35.9 Å². The van der Waals surface area contributed by atoms with Gasteiger partial charge in [0.1, 0.15) is 12.4 Å². The van der Waals surface area contributed by atoms with Crippen LogP contribution in [0.1, 0.15) is 25.0 Å². The molecule has 0 spiro atoms. The van der Waals surface area contributed by atoms with Crippen LogP contribution in [-0.2, 0) is 13.2 Å². The van der Waals surface area contributed by atoms with E-state index in [2.05, 4.69) is 5.32 Å². The van der Waals surface area contributed by atoms with Gasteiger partial charge in [0.05, 0.1) is 6.61 Å². The molecule has 2 aromatic rings. The molecule has 0 saturated carbocycles. The highest BCUT2D eigenvalue weighted by molar-refractivity contribution is 6.30. The van der Waals surface area contributed by atoms with Gasteiger partial charge in [-0.15, -0.1) is 0 Å². The first kappa shape index (κ1) is 16.8. The van der Waals surface area contributed by atoms with E-state index < -0.39 is 0 Å². The fourth-order valence-electron chi connectivity index (χ4n) is 1.94. The molecule has 0 bridgehead atoms. The summed E-state index contributed by atoms with van der Waals surface area (Å²) >= 11 is 5.97. The van der Waals surface area contributed by atoms with Crippen LogP contribution < -0.4 is 10.1 Å². The average molecular weight is 320 g/mol. The van der Waals surface area contributed by atoms with Crippen LogP contribution in [0, 0.1) is 0 Å². The first-order valence-electron chi connectivity index (χ1n) is 7.30. The van der Waals surface area contributed by atoms with Gasteiger partial charge in [-0.25, -0.2) is 0 Å². The van der Waals surface area contributed by atoms with Gasteiger partial charge >= 0.3 is 0 Å². The van der Waals surface area contributed by atoms with Gasteiger partial charge in [0, 0.05) is 17.1 Å². The van der Waals surface area contributed by atoms with Gasteiger partial charge in [0.2, 0.25) is 0 Å². The van der Waals surface area contributed by atoms with Crippen molar-refractivity contribution < 1.29 is 9.84 Å². The number of aliphatic hydroxyl groups is 1. The van der Waals surface area contributed by atoms with Crippen molar-refractivity contribution in [3.63, 3.8) is 0 Å². The maximum atomic E-state index is 9.26. The topological polar surface area (TPSA) is 41.5 Å². The van der Waals surface area contributed by atoms with E-state index in [4.69, 9.17) is 16.3 Å². The lowest BCUT2D eigenvalue weighted by atomic mass is 10.1. The van der Waals surface area contributed by atoms with E-state index in [0.717, 1.165) is 16.9 Å². The summed E-state index contributed by atoms with van der Waals surface area (Å²) in [5.74, 6) is 0.820. The summed E-state index contributed by atoms with van der Waals surface area (Å²) in [6.45, 7) is 5.19. The standard InChI is InChI=1S/C18H22ClNO2/c1-18(2,13-21)20-11-14-5-4-8-17(10-14)22-12-15-6-3-7-16(19)9-15/h3-10,20-21H,11-13H2,1-2H3. The lowest BCUT2D eigenvalue weighted by Gasteiger charge is -2.23. The van der Waals surface area contributed by atoms with Crippen molar-refractivity contribution in [3.05, 3.63) is 64.7 Å². The number of hydrogen-bond acceptors (Lipinski definition) is 3. The zero-order valence-corrected chi connectivity index (χ0v) is 13.7. The molecule has 0 heterocycles. The lowest BCUT2D eigenvalue weighted by Crippen LogP contribution is -2.42. The minimum absolute atomic E-state index is 0.0952. The van der Waals surface area contributed by atoms with E-state index in [0.29, 0.717) is 18.2 Å². The molecule has 0 saturated heterocycles. The summed E-state index contributed by atoms with van der Waals surface area (Å²) in [6, 6.07) is 15.6. The van der Waals surface area contributed by atoms with Gasteiger partial charge in [0.25, 0.3) is 0 Å². The van der Waals surface area contributed by atoms with Gasteiger partial charge < -0.3 is 15.2 Å². The van der Waals surface area contributed by atoms with Crippen LogP contribution in [0.15, 0.2) is 48.5 Å². The van der Waals surface area contributed by atoms with Crippen LogP contribution >= 0.6 is 11.6 Å². The zero-order valence-electron chi connectivity index (χ0n) is 13.0. The summed E-state index contributed by atoms with van der Waals surface area (Å²) in [7, 11) is 0. The Kier molecular flexibility index (Phi) is 5.83. The Morgan fingerprint density at radius 2 is 1.82 bits per heavy atom. The predicted molar refractivity (Wildman–Crippen MR) is 90.2 cm³/mol. The van der Waals surface area contributed by atoms with Crippen molar-refractivity contribution in [2.45, 2.75) is 32.5 Å². The van der Waals surface area contributed by atoms with Gasteiger partial charge in [0.15, 0.2) is 0 Å². The lowest BCUT2D eigenvalue weighted by molar-refractivity contribution is 0.187. The van der Waals surface area contributed by atoms with Crippen molar-refractivity contribution in [2.24, 2.45) is 0 Å². The second-order valence-electron chi connectivity index (χ2n) is 5.96. The van der Waals surface area contributed by atoms with Crippen LogP contribution in [0.3, 0.4) is 0 Å². The molecule has 0 aromatic heterocycles. The van der Waals surface area contributed by atoms with Crippen molar-refractivity contribution in [3.8, 4) is 5.75 Å². The molecule has 3 nitrogen and oxygen atoms in total. The average Bonchev–Trinajstić information content (AvgIpc) is 2.52. The largest absolute Gasteiger partial charge is 0.489 e. The molecule has 0 radical (unpaired) electrons. The highest BCUT2D eigenvalue weighted by atomic mass is 35.5. The van der Waals surface area contributed by atoms with Crippen molar-refractivity contribution in [2.75, 3.05) is 6.61 Å². The molecule has 2 aromatic carbocycles. The van der Waals surface area contributed by atoms with E-state index in [9.17, 15) is 5.11 Å². The Morgan fingerprint density at radius 1 is 1.09 bits per heavy atom. The molecule has 2 N–H and O–H groups in total. The molecule has 2 rings (SSSR count). The number of benzene rings is 2. The predicted octanol–water partition coefficient (Wildman–Crippen LogP) is 3.78. The van der Waals surface area contributed by atoms with Gasteiger partial charge in [-0.3, -0.25) is 0 Å². The first-order chi connectivity index (χ1) is 10.5. The number of nitrogens with one attached hydrogen (secondary N) is 1. The molecule has 4 heteroatoms. The maximum Gasteiger partial charge on any atom is 0.120 e. The minimum atomic E-state index is -0.294. The molecule has 118 valence electrons. The number of halogens is 1. The molecular formula is C18H22ClNO2. The normalized spacial score (nSPS) is 11.5. The van der Waals surface area contributed by atoms with E-state index in [1.807, 2.05) is 62.4 Å². The third-order valence-corrected chi connectivity index (χ3v) is 3.59. The third kappa shape index (κ3) is 5.34. The van der Waals surface area contributed by atoms with Gasteiger partial charge in [-0.2, -0.15) is 0 Å². The van der Waals surface area contributed by atoms with Crippen LogP contribution in [-0.4, -0.2) is 17.3 Å². The van der Waals surface area contributed by atoms with Crippen LogP contribution in [0.5, 0.6) is 5.75 Å². The molecule has 0 unspecified atom stereocenters. The number of hydrogen-bond donors (Lipinski definition) is 2. The molecule has 0 fully saturated rings. The highest BCUT2D eigenvalue weighted by Crippen LogP contribution is 2.17. The van der Waals surface area contributed by atoms with Crippen molar-refractivity contribution >= 4 is 11.6 Å². The highest BCUT2D eigenvalue weighted by Gasteiger charge is 2.14. The number of rotatable bonds is 7. The summed E-state index contributed by atoms with van der Waals surface area (Å²) in [5, 5.41) is 13.3. The van der Waals surface area contributed by atoms with Crippen LogP contribution in [0.4, 0.5) is 0 Å².